The number of esters is 1. The molecule has 1 aromatic rings. The number of unbranched alkanes of at least 4 members (excludes halogenated alkanes) is 5. The van der Waals surface area contributed by atoms with Crippen molar-refractivity contribution < 1.29 is 33.8 Å². The Morgan fingerprint density at radius 2 is 1.66 bits per heavy atom. The van der Waals surface area contributed by atoms with Crippen molar-refractivity contribution in [2.45, 2.75) is 97.3 Å². The number of hydrogen-bond acceptors (Lipinski definition) is 6. The first-order chi connectivity index (χ1) is 18.0. The van der Waals surface area contributed by atoms with Gasteiger partial charge in [-0.15, -0.1) is 0 Å². The molecule has 1 N–H and O–H groups in total. The highest BCUT2D eigenvalue weighted by atomic mass is 16.6. The van der Waals surface area contributed by atoms with Crippen LogP contribution in [0.5, 0.6) is 0 Å². The summed E-state index contributed by atoms with van der Waals surface area (Å²) in [5.41, 5.74) is 0.0422. The second-order valence-electron chi connectivity index (χ2n) is 10.9. The van der Waals surface area contributed by atoms with Gasteiger partial charge in [0, 0.05) is 19.0 Å². The van der Waals surface area contributed by atoms with Crippen molar-refractivity contribution in [1.29, 1.82) is 0 Å². The summed E-state index contributed by atoms with van der Waals surface area (Å²) in [5.74, 6) is -2.64. The van der Waals surface area contributed by atoms with E-state index in [2.05, 4.69) is 6.92 Å². The van der Waals surface area contributed by atoms with Crippen molar-refractivity contribution in [1.82, 2.24) is 9.80 Å². The Bertz CT molecular complexity index is 913. The topological polar surface area (TPSA) is 113 Å². The zero-order valence-corrected chi connectivity index (χ0v) is 23.3. The lowest BCUT2D eigenvalue weighted by Crippen LogP contribution is -2.61. The summed E-state index contributed by atoms with van der Waals surface area (Å²) in [6.45, 7) is 7.61. The molecule has 0 aromatic heterocycles. The summed E-state index contributed by atoms with van der Waals surface area (Å²) in [6.07, 6.45) is 5.79. The Hall–Kier alpha value is -3.10. The number of aliphatic carboxylic acids is 1. The molecule has 0 unspecified atom stereocenters. The van der Waals surface area contributed by atoms with Gasteiger partial charge in [0.15, 0.2) is 6.04 Å². The SMILES string of the molecule is CCCCCCCC[C@H](CC(=O)O)C(=O)N1CCN(C(=O)OC(C)(C)C)[C@H](C(=O)OCc2ccccc2)C1. The lowest BCUT2D eigenvalue weighted by Gasteiger charge is -2.41. The van der Waals surface area contributed by atoms with E-state index in [0.717, 1.165) is 37.7 Å². The molecule has 0 saturated carbocycles. The maximum atomic E-state index is 13.4. The smallest absolute Gasteiger partial charge is 0.411 e. The lowest BCUT2D eigenvalue weighted by atomic mass is 9.95. The summed E-state index contributed by atoms with van der Waals surface area (Å²) in [6, 6.07) is 8.14. The van der Waals surface area contributed by atoms with E-state index in [9.17, 15) is 24.3 Å². The van der Waals surface area contributed by atoms with Crippen molar-refractivity contribution in [2.24, 2.45) is 5.92 Å². The van der Waals surface area contributed by atoms with Crippen molar-refractivity contribution in [2.75, 3.05) is 19.6 Å². The van der Waals surface area contributed by atoms with E-state index >= 15 is 0 Å². The zero-order chi connectivity index (χ0) is 28.1. The summed E-state index contributed by atoms with van der Waals surface area (Å²) in [5, 5.41) is 9.43. The number of amides is 2. The second kappa shape index (κ2) is 15.3. The third kappa shape index (κ3) is 10.7. The monoisotopic (exact) mass is 532 g/mol. The van der Waals surface area contributed by atoms with Crippen LogP contribution in [-0.4, -0.2) is 70.1 Å². The number of hydrogen-bond donors (Lipinski definition) is 1. The van der Waals surface area contributed by atoms with Crippen molar-refractivity contribution in [3.63, 3.8) is 0 Å². The number of benzene rings is 1. The van der Waals surface area contributed by atoms with E-state index in [1.807, 2.05) is 30.3 Å². The van der Waals surface area contributed by atoms with Gasteiger partial charge in [-0.3, -0.25) is 14.5 Å². The van der Waals surface area contributed by atoms with E-state index < -0.39 is 35.6 Å². The number of carboxylic acid groups (broad SMARTS) is 1. The molecular formula is C29H44N2O7. The molecular weight excluding hydrogens is 488 g/mol. The maximum absolute atomic E-state index is 13.4. The van der Waals surface area contributed by atoms with Crippen LogP contribution < -0.4 is 0 Å². The van der Waals surface area contributed by atoms with Crippen LogP contribution in [0.1, 0.15) is 84.6 Å². The van der Waals surface area contributed by atoms with Gasteiger partial charge in [0.05, 0.1) is 13.0 Å². The highest BCUT2D eigenvalue weighted by molar-refractivity contribution is 5.86. The van der Waals surface area contributed by atoms with Gasteiger partial charge in [-0.2, -0.15) is 0 Å². The number of carboxylic acids is 1. The van der Waals surface area contributed by atoms with Gasteiger partial charge in [-0.25, -0.2) is 9.59 Å². The molecule has 1 aromatic carbocycles. The average molecular weight is 533 g/mol. The number of carbonyl (C=O) groups excluding carboxylic acids is 3. The van der Waals surface area contributed by atoms with Gasteiger partial charge in [-0.1, -0.05) is 75.8 Å². The molecule has 2 rings (SSSR count). The fraction of sp³-hybridized carbons (Fsp3) is 0.655. The van der Waals surface area contributed by atoms with E-state index in [1.54, 1.807) is 20.8 Å². The van der Waals surface area contributed by atoms with Gasteiger partial charge in [0.25, 0.3) is 0 Å². The fourth-order valence-corrected chi connectivity index (χ4v) is 4.50. The largest absolute Gasteiger partial charge is 0.481 e. The van der Waals surface area contributed by atoms with E-state index in [4.69, 9.17) is 9.47 Å². The standard InChI is InChI=1S/C29H44N2O7/c1-5-6-7-8-9-13-16-23(19-25(32)33)26(34)30-17-18-31(28(36)38-29(2,3)4)24(20-30)27(35)37-21-22-14-11-10-12-15-22/h10-12,14-15,23-24H,5-9,13,16-21H2,1-4H3,(H,32,33)/t23-,24+/m1/s1. The first kappa shape index (κ1) is 31.1. The minimum absolute atomic E-state index is 0.0337. The molecule has 212 valence electrons. The molecule has 2 atom stereocenters. The Balaban J connectivity index is 2.12. The van der Waals surface area contributed by atoms with Crippen molar-refractivity contribution in [3.8, 4) is 0 Å². The molecule has 38 heavy (non-hydrogen) atoms. The summed E-state index contributed by atoms with van der Waals surface area (Å²) >= 11 is 0. The first-order valence-corrected chi connectivity index (χ1v) is 13.7. The van der Waals surface area contributed by atoms with E-state index in [-0.39, 0.29) is 38.6 Å². The van der Waals surface area contributed by atoms with E-state index in [0.29, 0.717) is 6.42 Å². The van der Waals surface area contributed by atoms with Gasteiger partial charge in [-0.05, 0) is 32.8 Å². The van der Waals surface area contributed by atoms with Crippen LogP contribution in [0.3, 0.4) is 0 Å². The Kier molecular flexibility index (Phi) is 12.6. The van der Waals surface area contributed by atoms with E-state index in [1.165, 1.54) is 16.2 Å². The van der Waals surface area contributed by atoms with Crippen LogP contribution in [0.4, 0.5) is 4.79 Å². The molecule has 0 bridgehead atoms. The number of carbonyl (C=O) groups is 4. The quantitative estimate of drug-likeness (QED) is 0.280. The molecule has 9 nitrogen and oxygen atoms in total. The molecule has 0 spiro atoms. The summed E-state index contributed by atoms with van der Waals surface area (Å²) in [7, 11) is 0. The summed E-state index contributed by atoms with van der Waals surface area (Å²) in [4.78, 5) is 53.8. The number of rotatable bonds is 13. The number of piperazine rings is 1. The third-order valence-electron chi connectivity index (χ3n) is 6.49. The third-order valence-corrected chi connectivity index (χ3v) is 6.49. The molecule has 1 fully saturated rings. The van der Waals surface area contributed by atoms with Crippen LogP contribution in [-0.2, 0) is 30.5 Å². The molecule has 1 saturated heterocycles. The van der Waals surface area contributed by atoms with Crippen LogP contribution in [0.2, 0.25) is 0 Å². The van der Waals surface area contributed by atoms with Gasteiger partial charge < -0.3 is 19.5 Å². The lowest BCUT2D eigenvalue weighted by molar-refractivity contribution is -0.157. The maximum Gasteiger partial charge on any atom is 0.411 e. The first-order valence-electron chi connectivity index (χ1n) is 13.7. The number of nitrogens with zero attached hydrogens (tertiary/aromatic N) is 2. The molecule has 2 amide bonds. The molecule has 1 heterocycles. The molecule has 1 aliphatic rings. The molecule has 0 aliphatic carbocycles. The number of ether oxygens (including phenoxy) is 2. The Morgan fingerprint density at radius 1 is 1.00 bits per heavy atom. The zero-order valence-electron chi connectivity index (χ0n) is 23.3. The predicted octanol–water partition coefficient (Wildman–Crippen LogP) is 5.02. The fourth-order valence-electron chi connectivity index (χ4n) is 4.50. The Morgan fingerprint density at radius 3 is 2.29 bits per heavy atom. The molecule has 1 aliphatic heterocycles. The van der Waals surface area contributed by atoms with Crippen molar-refractivity contribution in [3.05, 3.63) is 35.9 Å². The summed E-state index contributed by atoms with van der Waals surface area (Å²) < 4.78 is 11.0. The Labute approximate surface area is 226 Å². The highest BCUT2D eigenvalue weighted by Gasteiger charge is 2.41. The molecule has 0 radical (unpaired) electrons. The van der Waals surface area contributed by atoms with Gasteiger partial charge in [0.2, 0.25) is 5.91 Å². The van der Waals surface area contributed by atoms with Crippen LogP contribution in [0, 0.1) is 5.92 Å². The highest BCUT2D eigenvalue weighted by Crippen LogP contribution is 2.23. The second-order valence-corrected chi connectivity index (χ2v) is 10.9. The van der Waals surface area contributed by atoms with Crippen LogP contribution in [0.25, 0.3) is 0 Å². The predicted molar refractivity (Wildman–Crippen MR) is 143 cm³/mol. The minimum Gasteiger partial charge on any atom is -0.481 e. The molecule has 9 heteroatoms. The normalized spacial score (nSPS) is 16.6. The van der Waals surface area contributed by atoms with Crippen molar-refractivity contribution >= 4 is 23.9 Å². The van der Waals surface area contributed by atoms with Gasteiger partial charge >= 0.3 is 18.0 Å². The average Bonchev–Trinajstić information content (AvgIpc) is 2.87. The van der Waals surface area contributed by atoms with Gasteiger partial charge in [0.1, 0.15) is 12.2 Å². The van der Waals surface area contributed by atoms with Crippen LogP contribution in [0.15, 0.2) is 30.3 Å². The minimum atomic E-state index is -1.05. The van der Waals surface area contributed by atoms with Crippen LogP contribution >= 0.6 is 0 Å².